The van der Waals surface area contributed by atoms with Crippen LogP contribution in [-0.4, -0.2) is 24.4 Å². The Kier molecular flexibility index (Phi) is 4.15. The zero-order valence-corrected chi connectivity index (χ0v) is 13.6. The first-order valence-electron chi connectivity index (χ1n) is 6.99. The highest BCUT2D eigenvalue weighted by molar-refractivity contribution is 9.10. The lowest BCUT2D eigenvalue weighted by Gasteiger charge is -2.12. The number of hydrogen-bond acceptors (Lipinski definition) is 3. The molecule has 0 spiro atoms. The summed E-state index contributed by atoms with van der Waals surface area (Å²) >= 11 is 3.45. The fraction of sp³-hybridized carbons (Fsp3) is 0.118. The zero-order chi connectivity index (χ0) is 15.5. The molecule has 1 heterocycles. The summed E-state index contributed by atoms with van der Waals surface area (Å²) in [4.78, 5) is 14.1. The van der Waals surface area contributed by atoms with Crippen molar-refractivity contribution in [3.05, 3.63) is 64.1 Å². The quantitative estimate of drug-likeness (QED) is 0.612. The number of hydrogen-bond donors (Lipinski definition) is 0. The first kappa shape index (κ1) is 14.7. The van der Waals surface area contributed by atoms with Crippen LogP contribution in [0.1, 0.15) is 18.1 Å². The van der Waals surface area contributed by atoms with Gasteiger partial charge in [-0.3, -0.25) is 4.79 Å². The number of likely N-dealkylation sites (N-methyl/N-ethyl adjacent to an activating group) is 1. The molecule has 1 amide bonds. The molecule has 2 aromatic rings. The van der Waals surface area contributed by atoms with Crippen LogP contribution >= 0.6 is 15.9 Å². The lowest BCUT2D eigenvalue weighted by atomic mass is 10.1. The molecule has 0 saturated heterocycles. The molecular formula is C17H14BrN3O. The van der Waals surface area contributed by atoms with Crippen LogP contribution in [0.2, 0.25) is 0 Å². The van der Waals surface area contributed by atoms with Gasteiger partial charge in [-0.15, -0.1) is 5.10 Å². The Labute approximate surface area is 137 Å². The van der Waals surface area contributed by atoms with Gasteiger partial charge in [0.25, 0.3) is 5.91 Å². The summed E-state index contributed by atoms with van der Waals surface area (Å²) in [6.45, 7) is 2.56. The predicted octanol–water partition coefficient (Wildman–Crippen LogP) is 3.64. The van der Waals surface area contributed by atoms with Crippen LogP contribution in [0.5, 0.6) is 0 Å². The maximum atomic E-state index is 12.4. The van der Waals surface area contributed by atoms with Gasteiger partial charge in [0.2, 0.25) is 0 Å². The Morgan fingerprint density at radius 1 is 1.14 bits per heavy atom. The number of anilines is 1. The third-order valence-electron chi connectivity index (χ3n) is 3.47. The van der Waals surface area contributed by atoms with E-state index in [1.165, 1.54) is 0 Å². The maximum absolute atomic E-state index is 12.4. The molecular weight excluding hydrogens is 342 g/mol. The molecule has 1 aliphatic rings. The number of rotatable bonds is 3. The van der Waals surface area contributed by atoms with Gasteiger partial charge in [0.1, 0.15) is 0 Å². The Morgan fingerprint density at radius 2 is 1.86 bits per heavy atom. The van der Waals surface area contributed by atoms with Gasteiger partial charge in [0, 0.05) is 22.1 Å². The van der Waals surface area contributed by atoms with E-state index in [2.05, 4.69) is 26.1 Å². The van der Waals surface area contributed by atoms with Crippen molar-refractivity contribution < 1.29 is 4.79 Å². The molecule has 5 heteroatoms. The second-order valence-electron chi connectivity index (χ2n) is 4.78. The first-order valence-corrected chi connectivity index (χ1v) is 7.78. The lowest BCUT2D eigenvalue weighted by Crippen LogP contribution is -2.29. The van der Waals surface area contributed by atoms with Gasteiger partial charge in [-0.05, 0) is 19.1 Å². The van der Waals surface area contributed by atoms with Gasteiger partial charge < -0.3 is 4.90 Å². The van der Waals surface area contributed by atoms with E-state index in [0.717, 1.165) is 21.3 Å². The summed E-state index contributed by atoms with van der Waals surface area (Å²) in [6.07, 6.45) is 1.64. The summed E-state index contributed by atoms with van der Waals surface area (Å²) in [5.74, 6) is -0.104. The van der Waals surface area contributed by atoms with Gasteiger partial charge in [0.05, 0.1) is 11.9 Å². The molecule has 0 fully saturated rings. The molecule has 0 aliphatic carbocycles. The number of carbonyl (C=O) groups is 1. The number of nitrogens with zero attached hydrogens (tertiary/aromatic N) is 3. The third kappa shape index (κ3) is 2.60. The highest BCUT2D eigenvalue weighted by Gasteiger charge is 2.32. The van der Waals surface area contributed by atoms with E-state index in [1.54, 1.807) is 11.1 Å². The Morgan fingerprint density at radius 3 is 2.64 bits per heavy atom. The number of amides is 1. The fourth-order valence-corrected chi connectivity index (χ4v) is 2.79. The van der Waals surface area contributed by atoms with E-state index in [1.807, 2.05) is 55.5 Å². The number of halogens is 1. The minimum Gasteiger partial charge on any atom is -0.307 e. The molecule has 0 saturated carbocycles. The van der Waals surface area contributed by atoms with Gasteiger partial charge in [-0.1, -0.05) is 52.3 Å². The molecule has 1 aliphatic heterocycles. The van der Waals surface area contributed by atoms with Gasteiger partial charge in [0.15, 0.2) is 5.71 Å². The molecule has 0 bridgehead atoms. The maximum Gasteiger partial charge on any atom is 0.279 e. The third-order valence-corrected chi connectivity index (χ3v) is 4.20. The summed E-state index contributed by atoms with van der Waals surface area (Å²) in [7, 11) is 0. The molecule has 110 valence electrons. The van der Waals surface area contributed by atoms with Crippen LogP contribution in [0.4, 0.5) is 5.69 Å². The van der Waals surface area contributed by atoms with Gasteiger partial charge in [-0.25, -0.2) is 0 Å². The molecule has 0 atom stereocenters. The van der Waals surface area contributed by atoms with Crippen molar-refractivity contribution in [2.45, 2.75) is 6.92 Å². The Hall–Kier alpha value is -2.27. The van der Waals surface area contributed by atoms with Gasteiger partial charge in [-0.2, -0.15) is 5.10 Å². The second-order valence-corrected chi connectivity index (χ2v) is 5.64. The minimum absolute atomic E-state index is 0.104. The average molecular weight is 356 g/mol. The fourth-order valence-electron chi connectivity index (χ4n) is 2.40. The van der Waals surface area contributed by atoms with Crippen LogP contribution < -0.4 is 4.90 Å². The lowest BCUT2D eigenvalue weighted by molar-refractivity contribution is -0.112. The SMILES string of the molecule is CCN1C(=O)/C(=N/N=C\c2ccccc2Br)c2ccccc21. The summed E-state index contributed by atoms with van der Waals surface area (Å²) in [5, 5.41) is 8.24. The summed E-state index contributed by atoms with van der Waals surface area (Å²) in [6, 6.07) is 15.4. The van der Waals surface area contributed by atoms with Crippen molar-refractivity contribution in [1.82, 2.24) is 0 Å². The highest BCUT2D eigenvalue weighted by Crippen LogP contribution is 2.28. The molecule has 3 rings (SSSR count). The normalized spacial score (nSPS) is 15.8. The van der Waals surface area contributed by atoms with Crippen molar-refractivity contribution in [2.75, 3.05) is 11.4 Å². The van der Waals surface area contributed by atoms with E-state index < -0.39 is 0 Å². The smallest absolute Gasteiger partial charge is 0.279 e. The standard InChI is InChI=1S/C17H14BrN3O/c1-2-21-15-10-6-4-8-13(15)16(17(21)22)20-19-11-12-7-3-5-9-14(12)18/h3-11H,2H2,1H3/b19-11-,20-16+. The monoisotopic (exact) mass is 355 g/mol. The largest absolute Gasteiger partial charge is 0.307 e. The number of fused-ring (bicyclic) bond motifs is 1. The average Bonchev–Trinajstić information content (AvgIpc) is 2.81. The summed E-state index contributed by atoms with van der Waals surface area (Å²) < 4.78 is 0.937. The Bertz CT molecular complexity index is 783. The van der Waals surface area contributed by atoms with Crippen molar-refractivity contribution in [1.29, 1.82) is 0 Å². The minimum atomic E-state index is -0.104. The predicted molar refractivity (Wildman–Crippen MR) is 92.7 cm³/mol. The van der Waals surface area contributed by atoms with Gasteiger partial charge >= 0.3 is 0 Å². The van der Waals surface area contributed by atoms with E-state index in [0.29, 0.717) is 12.3 Å². The molecule has 2 aromatic carbocycles. The van der Waals surface area contributed by atoms with Crippen molar-refractivity contribution in [3.63, 3.8) is 0 Å². The van der Waals surface area contributed by atoms with E-state index in [4.69, 9.17) is 0 Å². The topological polar surface area (TPSA) is 45.0 Å². The molecule has 0 unspecified atom stereocenters. The number of carbonyl (C=O) groups excluding carboxylic acids is 1. The van der Waals surface area contributed by atoms with Crippen molar-refractivity contribution in [2.24, 2.45) is 10.2 Å². The van der Waals surface area contributed by atoms with Crippen molar-refractivity contribution >= 4 is 39.5 Å². The summed E-state index contributed by atoms with van der Waals surface area (Å²) in [5.41, 5.74) is 3.03. The zero-order valence-electron chi connectivity index (χ0n) is 12.0. The molecule has 4 nitrogen and oxygen atoms in total. The van der Waals surface area contributed by atoms with Crippen LogP contribution in [0, 0.1) is 0 Å². The van der Waals surface area contributed by atoms with E-state index >= 15 is 0 Å². The van der Waals surface area contributed by atoms with Crippen LogP contribution in [0.25, 0.3) is 0 Å². The van der Waals surface area contributed by atoms with Crippen molar-refractivity contribution in [3.8, 4) is 0 Å². The van der Waals surface area contributed by atoms with Crippen LogP contribution in [0.3, 0.4) is 0 Å². The highest BCUT2D eigenvalue weighted by atomic mass is 79.9. The van der Waals surface area contributed by atoms with Crippen LogP contribution in [0.15, 0.2) is 63.2 Å². The number of para-hydroxylation sites is 1. The Balaban J connectivity index is 1.95. The molecule has 22 heavy (non-hydrogen) atoms. The second kappa shape index (κ2) is 6.23. The molecule has 0 radical (unpaired) electrons. The molecule has 0 aromatic heterocycles. The van der Waals surface area contributed by atoms with E-state index in [-0.39, 0.29) is 5.91 Å². The first-order chi connectivity index (χ1) is 10.7. The molecule has 0 N–H and O–H groups in total. The number of benzene rings is 2. The van der Waals surface area contributed by atoms with Crippen LogP contribution in [-0.2, 0) is 4.79 Å². The van der Waals surface area contributed by atoms with E-state index in [9.17, 15) is 4.79 Å².